The van der Waals surface area contributed by atoms with Crippen molar-refractivity contribution in [2.24, 2.45) is 0 Å². The van der Waals surface area contributed by atoms with Gasteiger partial charge in [0.05, 0.1) is 6.10 Å². The van der Waals surface area contributed by atoms with E-state index < -0.39 is 24.5 Å². The Morgan fingerprint density at radius 3 is 2.85 bits per heavy atom. The maximum Gasteiger partial charge on any atom is 0.302 e. The van der Waals surface area contributed by atoms with Crippen molar-refractivity contribution in [3.8, 4) is 0 Å². The Labute approximate surface area is 76.3 Å². The zero-order chi connectivity index (χ0) is 9.84. The van der Waals surface area contributed by atoms with Crippen LogP contribution in [0.3, 0.4) is 0 Å². The van der Waals surface area contributed by atoms with E-state index in [2.05, 4.69) is 4.74 Å². The van der Waals surface area contributed by atoms with E-state index in [0.717, 1.165) is 0 Å². The van der Waals surface area contributed by atoms with E-state index in [1.807, 2.05) is 0 Å². The van der Waals surface area contributed by atoms with Gasteiger partial charge in [-0.3, -0.25) is 4.79 Å². The van der Waals surface area contributed by atoms with Gasteiger partial charge in [-0.2, -0.15) is 0 Å². The van der Waals surface area contributed by atoms with Crippen LogP contribution in [0.4, 0.5) is 0 Å². The largest absolute Gasteiger partial charge is 0.463 e. The molecular formula is C8H14O5. The standard InChI is InChI=1S/C8H14O5/c1-5(9)12-4-7-6(10)2-3-8(11)13-7/h6-8,10-11H,2-4H2,1H3. The van der Waals surface area contributed by atoms with Crippen LogP contribution in [0.2, 0.25) is 0 Å². The number of carbonyl (C=O) groups is 1. The summed E-state index contributed by atoms with van der Waals surface area (Å²) in [5.41, 5.74) is 0. The predicted octanol–water partition coefficient (Wildman–Crippen LogP) is -0.592. The van der Waals surface area contributed by atoms with E-state index in [-0.39, 0.29) is 6.61 Å². The summed E-state index contributed by atoms with van der Waals surface area (Å²) in [4.78, 5) is 10.5. The Kier molecular flexibility index (Phi) is 3.65. The van der Waals surface area contributed by atoms with Gasteiger partial charge in [-0.15, -0.1) is 0 Å². The van der Waals surface area contributed by atoms with Gasteiger partial charge in [-0.25, -0.2) is 0 Å². The van der Waals surface area contributed by atoms with E-state index in [1.54, 1.807) is 0 Å². The van der Waals surface area contributed by atoms with Gasteiger partial charge in [0.25, 0.3) is 0 Å². The third-order valence-electron chi connectivity index (χ3n) is 1.92. The van der Waals surface area contributed by atoms with Crippen LogP contribution < -0.4 is 0 Å². The number of hydrogen-bond donors (Lipinski definition) is 2. The molecule has 0 bridgehead atoms. The lowest BCUT2D eigenvalue weighted by atomic mass is 10.1. The van der Waals surface area contributed by atoms with E-state index in [0.29, 0.717) is 12.8 Å². The second-order valence-electron chi connectivity index (χ2n) is 3.08. The second-order valence-corrected chi connectivity index (χ2v) is 3.08. The molecule has 0 aromatic heterocycles. The van der Waals surface area contributed by atoms with Gasteiger partial charge in [-0.1, -0.05) is 0 Å². The molecule has 1 aliphatic rings. The van der Waals surface area contributed by atoms with Crippen molar-refractivity contribution < 1.29 is 24.5 Å². The topological polar surface area (TPSA) is 76.0 Å². The molecule has 1 heterocycles. The first-order valence-electron chi connectivity index (χ1n) is 4.24. The minimum atomic E-state index is -0.857. The molecule has 0 spiro atoms. The summed E-state index contributed by atoms with van der Waals surface area (Å²) in [5, 5.41) is 18.5. The third kappa shape index (κ3) is 3.30. The molecule has 0 radical (unpaired) electrons. The number of hydrogen-bond acceptors (Lipinski definition) is 5. The molecule has 2 N–H and O–H groups in total. The molecule has 1 rings (SSSR count). The van der Waals surface area contributed by atoms with Crippen molar-refractivity contribution >= 4 is 5.97 Å². The maximum absolute atomic E-state index is 10.5. The minimum Gasteiger partial charge on any atom is -0.463 e. The van der Waals surface area contributed by atoms with Gasteiger partial charge in [-0.05, 0) is 6.42 Å². The quantitative estimate of drug-likeness (QED) is 0.569. The van der Waals surface area contributed by atoms with Gasteiger partial charge < -0.3 is 19.7 Å². The fourth-order valence-corrected chi connectivity index (χ4v) is 1.21. The van der Waals surface area contributed by atoms with Crippen LogP contribution in [0, 0.1) is 0 Å². The predicted molar refractivity (Wildman–Crippen MR) is 42.8 cm³/mol. The number of carbonyl (C=O) groups excluding carboxylic acids is 1. The first-order valence-corrected chi connectivity index (χ1v) is 4.24. The lowest BCUT2D eigenvalue weighted by molar-refractivity contribution is -0.212. The normalized spacial score (nSPS) is 34.2. The van der Waals surface area contributed by atoms with Gasteiger partial charge >= 0.3 is 5.97 Å². The van der Waals surface area contributed by atoms with Gasteiger partial charge in [0.2, 0.25) is 0 Å². The number of rotatable bonds is 2. The summed E-state index contributed by atoms with van der Waals surface area (Å²) < 4.78 is 9.64. The molecule has 1 fully saturated rings. The molecular weight excluding hydrogens is 176 g/mol. The van der Waals surface area contributed by atoms with Crippen LogP contribution in [0.25, 0.3) is 0 Å². The van der Waals surface area contributed by atoms with Crippen LogP contribution in [0.15, 0.2) is 0 Å². The Hall–Kier alpha value is -0.650. The molecule has 1 saturated heterocycles. The molecule has 0 aliphatic carbocycles. The zero-order valence-corrected chi connectivity index (χ0v) is 7.47. The lowest BCUT2D eigenvalue weighted by Gasteiger charge is -2.30. The zero-order valence-electron chi connectivity index (χ0n) is 7.47. The van der Waals surface area contributed by atoms with Gasteiger partial charge in [0.1, 0.15) is 12.7 Å². The van der Waals surface area contributed by atoms with Crippen LogP contribution in [-0.2, 0) is 14.3 Å². The van der Waals surface area contributed by atoms with E-state index >= 15 is 0 Å². The maximum atomic E-state index is 10.5. The van der Waals surface area contributed by atoms with Crippen LogP contribution >= 0.6 is 0 Å². The molecule has 0 saturated carbocycles. The van der Waals surface area contributed by atoms with Crippen LogP contribution in [0.5, 0.6) is 0 Å². The molecule has 0 aromatic carbocycles. The minimum absolute atomic E-state index is 0.00639. The first-order chi connectivity index (χ1) is 6.09. The van der Waals surface area contributed by atoms with Gasteiger partial charge in [0, 0.05) is 13.3 Å². The van der Waals surface area contributed by atoms with Crippen molar-refractivity contribution in [2.45, 2.75) is 38.3 Å². The molecule has 3 atom stereocenters. The van der Waals surface area contributed by atoms with Crippen molar-refractivity contribution in [3.63, 3.8) is 0 Å². The summed E-state index contributed by atoms with van der Waals surface area (Å²) >= 11 is 0. The molecule has 5 nitrogen and oxygen atoms in total. The number of esters is 1. The van der Waals surface area contributed by atoms with Crippen LogP contribution in [0.1, 0.15) is 19.8 Å². The number of ether oxygens (including phenoxy) is 2. The highest BCUT2D eigenvalue weighted by atomic mass is 16.6. The Balaban J connectivity index is 2.33. The Bertz CT molecular complexity index is 181. The molecule has 1 aliphatic heterocycles. The molecule has 0 aromatic rings. The monoisotopic (exact) mass is 190 g/mol. The van der Waals surface area contributed by atoms with Crippen molar-refractivity contribution in [1.29, 1.82) is 0 Å². The molecule has 5 heteroatoms. The van der Waals surface area contributed by atoms with Crippen molar-refractivity contribution in [1.82, 2.24) is 0 Å². The van der Waals surface area contributed by atoms with E-state index in [1.165, 1.54) is 6.92 Å². The Morgan fingerprint density at radius 1 is 1.54 bits per heavy atom. The highest BCUT2D eigenvalue weighted by Crippen LogP contribution is 2.18. The van der Waals surface area contributed by atoms with Crippen LogP contribution in [-0.4, -0.2) is 41.3 Å². The average Bonchev–Trinajstić information content (AvgIpc) is 2.06. The number of aliphatic hydroxyl groups is 2. The van der Waals surface area contributed by atoms with Crippen molar-refractivity contribution in [2.75, 3.05) is 6.61 Å². The van der Waals surface area contributed by atoms with E-state index in [9.17, 15) is 9.90 Å². The van der Waals surface area contributed by atoms with Gasteiger partial charge in [0.15, 0.2) is 6.29 Å². The third-order valence-corrected chi connectivity index (χ3v) is 1.92. The average molecular weight is 190 g/mol. The first kappa shape index (κ1) is 10.4. The van der Waals surface area contributed by atoms with E-state index in [4.69, 9.17) is 9.84 Å². The Morgan fingerprint density at radius 2 is 2.23 bits per heavy atom. The fraction of sp³-hybridized carbons (Fsp3) is 0.875. The molecule has 13 heavy (non-hydrogen) atoms. The molecule has 3 unspecified atom stereocenters. The summed E-state index contributed by atoms with van der Waals surface area (Å²) in [7, 11) is 0. The highest BCUT2D eigenvalue weighted by Gasteiger charge is 2.29. The lowest BCUT2D eigenvalue weighted by Crippen LogP contribution is -2.41. The summed E-state index contributed by atoms with van der Waals surface area (Å²) in [5.74, 6) is -0.420. The number of aliphatic hydroxyl groups excluding tert-OH is 2. The SMILES string of the molecule is CC(=O)OCC1OC(O)CCC1O. The fourth-order valence-electron chi connectivity index (χ4n) is 1.21. The second kappa shape index (κ2) is 4.55. The molecule has 76 valence electrons. The summed E-state index contributed by atoms with van der Waals surface area (Å²) in [6.45, 7) is 1.28. The summed E-state index contributed by atoms with van der Waals surface area (Å²) in [6, 6.07) is 0. The molecule has 0 amide bonds. The van der Waals surface area contributed by atoms with Crippen molar-refractivity contribution in [3.05, 3.63) is 0 Å². The smallest absolute Gasteiger partial charge is 0.302 e. The highest BCUT2D eigenvalue weighted by molar-refractivity contribution is 5.65. The summed E-state index contributed by atoms with van der Waals surface area (Å²) in [6.07, 6.45) is -1.25.